The largest absolute Gasteiger partial charge is 0.416 e. The van der Waals surface area contributed by atoms with Gasteiger partial charge < -0.3 is 15.0 Å². The zero-order valence-corrected chi connectivity index (χ0v) is 10.3. The number of alkyl halides is 3. The predicted octanol–water partition coefficient (Wildman–Crippen LogP) is 0.881. The maximum absolute atomic E-state index is 12.0. The molecular formula is C11H13F3N2O3. The Kier molecular flexibility index (Phi) is 4.35. The van der Waals surface area contributed by atoms with Gasteiger partial charge in [0.15, 0.2) is 11.9 Å². The van der Waals surface area contributed by atoms with Gasteiger partial charge in [-0.05, 0) is 13.0 Å². The Hall–Kier alpha value is -1.83. The van der Waals surface area contributed by atoms with Crippen molar-refractivity contribution >= 4 is 11.7 Å². The van der Waals surface area contributed by atoms with Crippen LogP contribution in [0, 0.1) is 0 Å². The van der Waals surface area contributed by atoms with Crippen LogP contribution in [0.3, 0.4) is 0 Å². The van der Waals surface area contributed by atoms with Crippen LogP contribution in [0.2, 0.25) is 0 Å². The number of hydrogen-bond acceptors (Lipinski definition) is 3. The van der Waals surface area contributed by atoms with Gasteiger partial charge in [0.05, 0.1) is 6.54 Å². The van der Waals surface area contributed by atoms with Crippen LogP contribution in [0.25, 0.3) is 0 Å². The van der Waals surface area contributed by atoms with Crippen molar-refractivity contribution in [1.82, 2.24) is 9.88 Å². The summed E-state index contributed by atoms with van der Waals surface area (Å²) in [5.41, 5.74) is 0.323. The van der Waals surface area contributed by atoms with Gasteiger partial charge in [0.2, 0.25) is 0 Å². The molecule has 0 saturated heterocycles. The maximum atomic E-state index is 12.0. The molecule has 1 heterocycles. The second-order valence-electron chi connectivity index (χ2n) is 4.05. The van der Waals surface area contributed by atoms with Crippen molar-refractivity contribution in [1.29, 1.82) is 0 Å². The summed E-state index contributed by atoms with van der Waals surface area (Å²) in [5.74, 6) is -1.05. The van der Waals surface area contributed by atoms with E-state index in [0.717, 1.165) is 0 Å². The molecule has 0 spiro atoms. The van der Waals surface area contributed by atoms with Crippen LogP contribution in [0.4, 0.5) is 13.2 Å². The van der Waals surface area contributed by atoms with E-state index >= 15 is 0 Å². The molecule has 5 nitrogen and oxygen atoms in total. The summed E-state index contributed by atoms with van der Waals surface area (Å²) >= 11 is 0. The lowest BCUT2D eigenvalue weighted by molar-refractivity contribution is -0.201. The number of hydrogen-bond donors (Lipinski definition) is 2. The van der Waals surface area contributed by atoms with E-state index in [1.165, 1.54) is 30.8 Å². The molecule has 2 N–H and O–H groups in total. The highest BCUT2D eigenvalue weighted by atomic mass is 19.4. The number of halogens is 3. The fourth-order valence-corrected chi connectivity index (χ4v) is 1.38. The molecule has 0 aliphatic carbocycles. The van der Waals surface area contributed by atoms with Crippen molar-refractivity contribution < 1.29 is 27.9 Å². The number of aryl methyl sites for hydroxylation is 1. The highest BCUT2D eigenvalue weighted by Crippen LogP contribution is 2.19. The Morgan fingerprint density at radius 1 is 1.47 bits per heavy atom. The fraction of sp³-hybridized carbons (Fsp3) is 0.455. The van der Waals surface area contributed by atoms with Gasteiger partial charge in [-0.3, -0.25) is 9.59 Å². The van der Waals surface area contributed by atoms with Crippen molar-refractivity contribution in [3.63, 3.8) is 0 Å². The monoisotopic (exact) mass is 278 g/mol. The Morgan fingerprint density at radius 2 is 2.05 bits per heavy atom. The summed E-state index contributed by atoms with van der Waals surface area (Å²) in [6.45, 7) is 0.368. The van der Waals surface area contributed by atoms with E-state index in [-0.39, 0.29) is 17.0 Å². The molecule has 106 valence electrons. The highest BCUT2D eigenvalue weighted by Gasteiger charge is 2.38. The third-order valence-electron chi connectivity index (χ3n) is 2.48. The molecule has 1 unspecified atom stereocenters. The second kappa shape index (κ2) is 5.43. The Balaban J connectivity index is 2.72. The normalized spacial score (nSPS) is 13.2. The number of carbonyl (C=O) groups excluding carboxylic acids is 2. The number of aromatic nitrogens is 1. The zero-order valence-electron chi connectivity index (χ0n) is 10.3. The third-order valence-corrected chi connectivity index (χ3v) is 2.48. The molecule has 0 fully saturated rings. The Bertz CT molecular complexity index is 494. The quantitative estimate of drug-likeness (QED) is 0.803. The van der Waals surface area contributed by atoms with Gasteiger partial charge in [-0.15, -0.1) is 0 Å². The molecule has 1 atom stereocenters. The van der Waals surface area contributed by atoms with Gasteiger partial charge >= 0.3 is 6.18 Å². The SMILES string of the molecule is CC(=O)c1cc(C(=O)NCC(O)C(F)(F)F)n(C)c1. The zero-order chi connectivity index (χ0) is 14.8. The minimum atomic E-state index is -4.79. The predicted molar refractivity (Wildman–Crippen MR) is 59.8 cm³/mol. The fourth-order valence-electron chi connectivity index (χ4n) is 1.38. The van der Waals surface area contributed by atoms with E-state index in [4.69, 9.17) is 5.11 Å². The number of amides is 1. The van der Waals surface area contributed by atoms with Gasteiger partial charge in [0.25, 0.3) is 5.91 Å². The van der Waals surface area contributed by atoms with Gasteiger partial charge in [0.1, 0.15) is 5.69 Å². The van der Waals surface area contributed by atoms with Crippen LogP contribution < -0.4 is 5.32 Å². The third kappa shape index (κ3) is 3.82. The molecule has 1 amide bonds. The molecule has 0 bridgehead atoms. The first kappa shape index (κ1) is 15.2. The lowest BCUT2D eigenvalue weighted by Crippen LogP contribution is -2.41. The summed E-state index contributed by atoms with van der Waals surface area (Å²) in [5, 5.41) is 10.7. The molecule has 0 aliphatic rings. The number of aliphatic hydroxyl groups excluding tert-OH is 1. The first-order valence-corrected chi connectivity index (χ1v) is 5.33. The van der Waals surface area contributed by atoms with Crippen molar-refractivity contribution in [2.24, 2.45) is 7.05 Å². The second-order valence-corrected chi connectivity index (χ2v) is 4.05. The first-order valence-electron chi connectivity index (χ1n) is 5.33. The van der Waals surface area contributed by atoms with Crippen molar-refractivity contribution in [3.05, 3.63) is 23.5 Å². The molecule has 1 aromatic heterocycles. The lowest BCUT2D eigenvalue weighted by Gasteiger charge is -2.15. The molecule has 1 rings (SSSR count). The van der Waals surface area contributed by atoms with Crippen molar-refractivity contribution in [2.75, 3.05) is 6.54 Å². The van der Waals surface area contributed by atoms with Crippen molar-refractivity contribution in [2.45, 2.75) is 19.2 Å². The van der Waals surface area contributed by atoms with Gasteiger partial charge in [-0.25, -0.2) is 0 Å². The van der Waals surface area contributed by atoms with Gasteiger partial charge in [0, 0.05) is 18.8 Å². The topological polar surface area (TPSA) is 71.3 Å². The van der Waals surface area contributed by atoms with E-state index in [2.05, 4.69) is 0 Å². The molecule has 0 aromatic carbocycles. The molecule has 8 heteroatoms. The molecule has 0 radical (unpaired) electrons. The van der Waals surface area contributed by atoms with E-state index in [9.17, 15) is 22.8 Å². The number of rotatable bonds is 4. The number of ketones is 1. The summed E-state index contributed by atoms with van der Waals surface area (Å²) in [6.07, 6.45) is -6.01. The summed E-state index contributed by atoms with van der Waals surface area (Å²) < 4.78 is 37.4. The molecule has 0 aliphatic heterocycles. The van der Waals surface area contributed by atoms with Crippen molar-refractivity contribution in [3.8, 4) is 0 Å². The standard InChI is InChI=1S/C11H13F3N2O3/c1-6(17)7-3-8(16(2)5-7)10(19)15-4-9(18)11(12,13)14/h3,5,9,18H,4H2,1-2H3,(H,15,19). The van der Waals surface area contributed by atoms with E-state index in [1.807, 2.05) is 5.32 Å². The molecule has 0 saturated carbocycles. The Labute approximate surface area is 107 Å². The average Bonchev–Trinajstić information content (AvgIpc) is 2.66. The number of aliphatic hydroxyl groups is 1. The molecule has 1 aromatic rings. The molecular weight excluding hydrogens is 265 g/mol. The number of nitrogens with zero attached hydrogens (tertiary/aromatic N) is 1. The maximum Gasteiger partial charge on any atom is 0.416 e. The van der Waals surface area contributed by atoms with Crippen LogP contribution in [0.1, 0.15) is 27.8 Å². The van der Waals surface area contributed by atoms with Gasteiger partial charge in [-0.1, -0.05) is 0 Å². The highest BCUT2D eigenvalue weighted by molar-refractivity contribution is 5.99. The van der Waals surface area contributed by atoms with E-state index in [0.29, 0.717) is 0 Å². The van der Waals surface area contributed by atoms with E-state index < -0.39 is 24.7 Å². The number of Topliss-reactive ketones (excluding diaryl/α,β-unsaturated/α-hetero) is 1. The van der Waals surface area contributed by atoms with Crippen LogP contribution in [0.15, 0.2) is 12.3 Å². The van der Waals surface area contributed by atoms with Crippen LogP contribution in [-0.2, 0) is 7.05 Å². The first-order chi connectivity index (χ1) is 8.62. The van der Waals surface area contributed by atoms with Crippen LogP contribution >= 0.6 is 0 Å². The Morgan fingerprint density at radius 3 is 2.47 bits per heavy atom. The summed E-state index contributed by atoms with van der Waals surface area (Å²) in [4.78, 5) is 22.7. The summed E-state index contributed by atoms with van der Waals surface area (Å²) in [6, 6.07) is 1.28. The summed E-state index contributed by atoms with van der Waals surface area (Å²) in [7, 11) is 1.49. The number of carbonyl (C=O) groups is 2. The number of nitrogens with one attached hydrogen (secondary N) is 1. The smallest absolute Gasteiger partial charge is 0.382 e. The van der Waals surface area contributed by atoms with E-state index in [1.54, 1.807) is 0 Å². The lowest BCUT2D eigenvalue weighted by atomic mass is 10.2. The van der Waals surface area contributed by atoms with Gasteiger partial charge in [-0.2, -0.15) is 13.2 Å². The van der Waals surface area contributed by atoms with Crippen LogP contribution in [-0.4, -0.2) is 40.2 Å². The minimum absolute atomic E-state index is 0.0413. The average molecular weight is 278 g/mol. The molecule has 19 heavy (non-hydrogen) atoms. The van der Waals surface area contributed by atoms with Crippen LogP contribution in [0.5, 0.6) is 0 Å². The minimum Gasteiger partial charge on any atom is -0.382 e.